The average Bonchev–Trinajstić information content (AvgIpc) is 2.26. The Labute approximate surface area is 104 Å². The van der Waals surface area contributed by atoms with E-state index in [0.29, 0.717) is 12.1 Å². The molecular weight excluding hydrogens is 274 g/mol. The molecule has 0 radical (unpaired) electrons. The molecule has 1 atom stereocenters. The van der Waals surface area contributed by atoms with E-state index in [9.17, 15) is 31.4 Å². The predicted molar refractivity (Wildman–Crippen MR) is 54.9 cm³/mol. The van der Waals surface area contributed by atoms with E-state index in [1.54, 1.807) is 0 Å². The van der Waals surface area contributed by atoms with Crippen molar-refractivity contribution in [1.82, 2.24) is 0 Å². The Kier molecular flexibility index (Phi) is 4.15. The molecule has 0 spiro atoms. The molecule has 0 aliphatic rings. The molecular formula is C12H8F6O. The van der Waals surface area contributed by atoms with E-state index >= 15 is 0 Å². The van der Waals surface area contributed by atoms with Crippen LogP contribution < -0.4 is 0 Å². The van der Waals surface area contributed by atoms with Crippen LogP contribution in [-0.2, 0) is 12.4 Å². The number of rotatable bonds is 1. The van der Waals surface area contributed by atoms with Crippen LogP contribution in [0.15, 0.2) is 18.2 Å². The molecule has 19 heavy (non-hydrogen) atoms. The van der Waals surface area contributed by atoms with Gasteiger partial charge in [-0.3, -0.25) is 0 Å². The maximum atomic E-state index is 12.5. The lowest BCUT2D eigenvalue weighted by molar-refractivity contribution is -0.143. The highest BCUT2D eigenvalue weighted by Gasteiger charge is 2.37. The molecule has 104 valence electrons. The van der Waals surface area contributed by atoms with Crippen molar-refractivity contribution in [3.63, 3.8) is 0 Å². The lowest BCUT2D eigenvalue weighted by atomic mass is 10.0. The number of aliphatic hydroxyl groups is 1. The molecule has 0 aromatic heterocycles. The fourth-order valence-corrected chi connectivity index (χ4v) is 1.36. The molecule has 1 rings (SSSR count). The van der Waals surface area contributed by atoms with Gasteiger partial charge in [-0.2, -0.15) is 26.3 Å². The summed E-state index contributed by atoms with van der Waals surface area (Å²) in [5, 5.41) is 9.39. The fraction of sp³-hybridized carbons (Fsp3) is 0.333. The van der Waals surface area contributed by atoms with Crippen LogP contribution >= 0.6 is 0 Å². The number of halogens is 6. The van der Waals surface area contributed by atoms with Crippen LogP contribution in [0.1, 0.15) is 29.7 Å². The number of benzene rings is 1. The van der Waals surface area contributed by atoms with Gasteiger partial charge in [-0.15, -0.1) is 5.92 Å². The summed E-state index contributed by atoms with van der Waals surface area (Å²) in [5.41, 5.74) is -3.50. The Hall–Kier alpha value is -1.68. The van der Waals surface area contributed by atoms with Crippen LogP contribution in [0.2, 0.25) is 0 Å². The van der Waals surface area contributed by atoms with Gasteiger partial charge in [0, 0.05) is 0 Å². The van der Waals surface area contributed by atoms with Crippen molar-refractivity contribution in [2.24, 2.45) is 0 Å². The topological polar surface area (TPSA) is 20.2 Å². The first-order valence-corrected chi connectivity index (χ1v) is 4.95. The molecule has 0 heterocycles. The zero-order valence-corrected chi connectivity index (χ0v) is 9.52. The molecule has 0 fully saturated rings. The summed E-state index contributed by atoms with van der Waals surface area (Å²) in [7, 11) is 0. The van der Waals surface area contributed by atoms with Gasteiger partial charge in [-0.1, -0.05) is 5.92 Å². The molecule has 1 aromatic carbocycles. The van der Waals surface area contributed by atoms with Crippen LogP contribution in [0, 0.1) is 11.8 Å². The van der Waals surface area contributed by atoms with Gasteiger partial charge in [-0.05, 0) is 30.7 Å². The second-order valence-electron chi connectivity index (χ2n) is 3.64. The third-order valence-corrected chi connectivity index (χ3v) is 2.21. The number of hydrogen-bond donors (Lipinski definition) is 1. The van der Waals surface area contributed by atoms with E-state index in [1.165, 1.54) is 6.92 Å². The van der Waals surface area contributed by atoms with Crippen molar-refractivity contribution < 1.29 is 31.4 Å². The first-order valence-electron chi connectivity index (χ1n) is 4.95. The zero-order valence-electron chi connectivity index (χ0n) is 9.52. The van der Waals surface area contributed by atoms with Gasteiger partial charge in [-0.25, -0.2) is 0 Å². The number of aliphatic hydroxyl groups excluding tert-OH is 1. The second-order valence-corrected chi connectivity index (χ2v) is 3.64. The molecule has 0 saturated carbocycles. The molecule has 0 saturated heterocycles. The molecule has 1 unspecified atom stereocenters. The largest absolute Gasteiger partial charge is 0.416 e. The minimum atomic E-state index is -4.94. The highest BCUT2D eigenvalue weighted by molar-refractivity contribution is 5.37. The van der Waals surface area contributed by atoms with Crippen molar-refractivity contribution in [2.45, 2.75) is 25.4 Å². The third kappa shape index (κ3) is 3.89. The summed E-state index contributed by atoms with van der Waals surface area (Å²) in [4.78, 5) is 0. The first-order chi connectivity index (χ1) is 8.55. The average molecular weight is 282 g/mol. The third-order valence-electron chi connectivity index (χ3n) is 2.21. The number of hydrogen-bond acceptors (Lipinski definition) is 1. The maximum absolute atomic E-state index is 12.5. The molecule has 1 N–H and O–H groups in total. The lowest BCUT2D eigenvalue weighted by Crippen LogP contribution is -2.12. The highest BCUT2D eigenvalue weighted by atomic mass is 19.4. The van der Waals surface area contributed by atoms with Gasteiger partial charge in [0.1, 0.15) is 6.10 Å². The predicted octanol–water partition coefficient (Wildman–Crippen LogP) is 3.78. The molecule has 0 amide bonds. The molecule has 0 aliphatic heterocycles. The van der Waals surface area contributed by atoms with Crippen LogP contribution in [-0.4, -0.2) is 5.11 Å². The van der Waals surface area contributed by atoms with Gasteiger partial charge < -0.3 is 5.11 Å². The summed E-state index contributed by atoms with van der Waals surface area (Å²) in [6.45, 7) is 1.31. The quantitative estimate of drug-likeness (QED) is 0.614. The summed E-state index contributed by atoms with van der Waals surface area (Å²) in [6, 6.07) is 0.893. The second kappa shape index (κ2) is 5.13. The zero-order chi connectivity index (χ0) is 14.8. The van der Waals surface area contributed by atoms with Gasteiger partial charge in [0.15, 0.2) is 0 Å². The monoisotopic (exact) mass is 282 g/mol. The molecule has 1 aromatic rings. The Morgan fingerprint density at radius 2 is 1.37 bits per heavy atom. The van der Waals surface area contributed by atoms with E-state index in [2.05, 4.69) is 11.8 Å². The molecule has 7 heteroatoms. The Balaban J connectivity index is 3.44. The minimum absolute atomic E-state index is 0.00437. The van der Waals surface area contributed by atoms with Crippen LogP contribution in [0.5, 0.6) is 0 Å². The van der Waals surface area contributed by atoms with Gasteiger partial charge in [0.2, 0.25) is 0 Å². The van der Waals surface area contributed by atoms with E-state index in [-0.39, 0.29) is 6.07 Å². The maximum Gasteiger partial charge on any atom is 0.416 e. The molecule has 1 nitrogen and oxygen atoms in total. The summed E-state index contributed by atoms with van der Waals surface area (Å²) >= 11 is 0. The standard InChI is InChI=1S/C12H8F6O/c1-2-3-10(19)7-4-8(11(13,14)15)6-9(5-7)12(16,17)18/h4-6,10,19H,1H3. The van der Waals surface area contributed by atoms with Crippen molar-refractivity contribution in [2.75, 3.05) is 0 Å². The van der Waals surface area contributed by atoms with Crippen LogP contribution in [0.3, 0.4) is 0 Å². The lowest BCUT2D eigenvalue weighted by Gasteiger charge is -2.15. The van der Waals surface area contributed by atoms with Crippen molar-refractivity contribution >= 4 is 0 Å². The minimum Gasteiger partial charge on any atom is -0.376 e. The molecule has 0 aliphatic carbocycles. The van der Waals surface area contributed by atoms with Crippen molar-refractivity contribution in [3.8, 4) is 11.8 Å². The smallest absolute Gasteiger partial charge is 0.376 e. The first kappa shape index (κ1) is 15.4. The van der Waals surface area contributed by atoms with E-state index in [4.69, 9.17) is 0 Å². The summed E-state index contributed by atoms with van der Waals surface area (Å²) < 4.78 is 75.0. The Bertz CT molecular complexity index is 485. The van der Waals surface area contributed by atoms with Crippen LogP contribution in [0.25, 0.3) is 0 Å². The Morgan fingerprint density at radius 3 is 1.68 bits per heavy atom. The van der Waals surface area contributed by atoms with Gasteiger partial charge in [0.25, 0.3) is 0 Å². The van der Waals surface area contributed by atoms with Gasteiger partial charge >= 0.3 is 12.4 Å². The fourth-order valence-electron chi connectivity index (χ4n) is 1.36. The van der Waals surface area contributed by atoms with Gasteiger partial charge in [0.05, 0.1) is 11.1 Å². The number of alkyl halides is 6. The van der Waals surface area contributed by atoms with Crippen LogP contribution in [0.4, 0.5) is 26.3 Å². The Morgan fingerprint density at radius 1 is 0.947 bits per heavy atom. The highest BCUT2D eigenvalue weighted by Crippen LogP contribution is 2.37. The van der Waals surface area contributed by atoms with Crippen molar-refractivity contribution in [1.29, 1.82) is 0 Å². The normalized spacial score (nSPS) is 13.7. The van der Waals surface area contributed by atoms with E-state index < -0.39 is 35.1 Å². The SMILES string of the molecule is CC#CC(O)c1cc(C(F)(F)F)cc(C(F)(F)F)c1. The molecule has 0 bridgehead atoms. The van der Waals surface area contributed by atoms with E-state index in [1.807, 2.05) is 0 Å². The summed E-state index contributed by atoms with van der Waals surface area (Å²) in [5.74, 6) is 4.31. The van der Waals surface area contributed by atoms with Crippen molar-refractivity contribution in [3.05, 3.63) is 34.9 Å². The summed E-state index contributed by atoms with van der Waals surface area (Å²) in [6.07, 6.45) is -11.6. The van der Waals surface area contributed by atoms with E-state index in [0.717, 1.165) is 0 Å².